The van der Waals surface area contributed by atoms with Crippen molar-refractivity contribution in [2.75, 3.05) is 0 Å². The molecule has 3 rings (SSSR count). The summed E-state index contributed by atoms with van der Waals surface area (Å²) in [6.07, 6.45) is 1.71. The van der Waals surface area contributed by atoms with Crippen molar-refractivity contribution in [3.05, 3.63) is 78.1 Å². The van der Waals surface area contributed by atoms with Gasteiger partial charge in [-0.3, -0.25) is 0 Å². The van der Waals surface area contributed by atoms with Gasteiger partial charge in [0.1, 0.15) is 5.69 Å². The molecule has 4 heteroatoms. The van der Waals surface area contributed by atoms with Gasteiger partial charge in [-0.2, -0.15) is 15.0 Å². The minimum Gasteiger partial charge on any atom is -0.319 e. The molecule has 0 saturated carbocycles. The van der Waals surface area contributed by atoms with Gasteiger partial charge in [-0.15, -0.1) is 0 Å². The molecule has 2 N–H and O–H groups in total. The van der Waals surface area contributed by atoms with E-state index in [2.05, 4.69) is 10.2 Å². The van der Waals surface area contributed by atoms with E-state index in [4.69, 9.17) is 5.73 Å². The van der Waals surface area contributed by atoms with E-state index in [1.165, 1.54) is 0 Å². The normalized spacial score (nSPS) is 12.3. The Kier molecular flexibility index (Phi) is 3.08. The zero-order chi connectivity index (χ0) is 13.1. The summed E-state index contributed by atoms with van der Waals surface area (Å²) in [5, 5.41) is 8.70. The lowest BCUT2D eigenvalue weighted by Gasteiger charge is -2.07. The molecule has 0 saturated heterocycles. The van der Waals surface area contributed by atoms with Gasteiger partial charge in [0.25, 0.3) is 0 Å². The zero-order valence-electron chi connectivity index (χ0n) is 10.3. The van der Waals surface area contributed by atoms with Crippen molar-refractivity contribution in [1.82, 2.24) is 15.0 Å². The summed E-state index contributed by atoms with van der Waals surface area (Å²) >= 11 is 0. The molecule has 19 heavy (non-hydrogen) atoms. The standard InChI is InChI=1S/C15H14N4/c16-15(12-7-3-1-4-8-12)14-11-17-19(18-14)13-9-5-2-6-10-13/h1-11,15H,16H2. The summed E-state index contributed by atoms with van der Waals surface area (Å²) in [4.78, 5) is 1.60. The fourth-order valence-electron chi connectivity index (χ4n) is 1.93. The number of hydrogen-bond acceptors (Lipinski definition) is 3. The maximum Gasteiger partial charge on any atom is 0.104 e. The van der Waals surface area contributed by atoms with Crippen LogP contribution >= 0.6 is 0 Å². The van der Waals surface area contributed by atoms with E-state index in [0.29, 0.717) is 0 Å². The van der Waals surface area contributed by atoms with Crippen molar-refractivity contribution >= 4 is 0 Å². The van der Waals surface area contributed by atoms with Crippen molar-refractivity contribution < 1.29 is 0 Å². The molecule has 94 valence electrons. The van der Waals surface area contributed by atoms with Crippen LogP contribution in [0.1, 0.15) is 17.3 Å². The summed E-state index contributed by atoms with van der Waals surface area (Å²) in [5.41, 5.74) is 8.91. The van der Waals surface area contributed by atoms with Gasteiger partial charge in [0, 0.05) is 0 Å². The molecule has 0 fully saturated rings. The third kappa shape index (κ3) is 2.39. The predicted octanol–water partition coefficient (Wildman–Crippen LogP) is 2.32. The molecule has 2 aromatic carbocycles. The van der Waals surface area contributed by atoms with Crippen molar-refractivity contribution in [2.45, 2.75) is 6.04 Å². The Bertz CT molecular complexity index is 646. The van der Waals surface area contributed by atoms with Crippen molar-refractivity contribution in [3.63, 3.8) is 0 Å². The fourth-order valence-corrected chi connectivity index (χ4v) is 1.93. The van der Waals surface area contributed by atoms with Crippen molar-refractivity contribution in [3.8, 4) is 5.69 Å². The highest BCUT2D eigenvalue weighted by Gasteiger charge is 2.12. The molecule has 0 spiro atoms. The summed E-state index contributed by atoms with van der Waals surface area (Å²) in [6.45, 7) is 0. The van der Waals surface area contributed by atoms with Crippen molar-refractivity contribution in [1.29, 1.82) is 0 Å². The van der Waals surface area contributed by atoms with E-state index in [1.807, 2.05) is 60.7 Å². The maximum atomic E-state index is 6.19. The molecule has 4 nitrogen and oxygen atoms in total. The summed E-state index contributed by atoms with van der Waals surface area (Å²) in [5.74, 6) is 0. The second-order valence-electron chi connectivity index (χ2n) is 4.28. The van der Waals surface area contributed by atoms with Crippen LogP contribution in [0, 0.1) is 0 Å². The Hall–Kier alpha value is -2.46. The highest BCUT2D eigenvalue weighted by atomic mass is 15.5. The lowest BCUT2D eigenvalue weighted by molar-refractivity contribution is 0.720. The average Bonchev–Trinajstić information content (AvgIpc) is 2.98. The quantitative estimate of drug-likeness (QED) is 0.776. The van der Waals surface area contributed by atoms with Crippen LogP contribution in [0.15, 0.2) is 66.9 Å². The van der Waals surface area contributed by atoms with Gasteiger partial charge in [-0.05, 0) is 17.7 Å². The van der Waals surface area contributed by atoms with Gasteiger partial charge in [-0.1, -0.05) is 48.5 Å². The van der Waals surface area contributed by atoms with Crippen molar-refractivity contribution in [2.24, 2.45) is 5.73 Å². The number of benzene rings is 2. The molecule has 1 heterocycles. The SMILES string of the molecule is NC(c1ccccc1)c1cnn(-c2ccccc2)n1. The van der Waals surface area contributed by atoms with Crippen LogP contribution in [0.5, 0.6) is 0 Å². The highest BCUT2D eigenvalue weighted by molar-refractivity contribution is 5.30. The fraction of sp³-hybridized carbons (Fsp3) is 0.0667. The minimum atomic E-state index is -0.251. The lowest BCUT2D eigenvalue weighted by atomic mass is 10.1. The van der Waals surface area contributed by atoms with Crippen LogP contribution in [0.4, 0.5) is 0 Å². The van der Waals surface area contributed by atoms with Crippen LogP contribution in [0.2, 0.25) is 0 Å². The van der Waals surface area contributed by atoms with Gasteiger partial charge in [0.2, 0.25) is 0 Å². The maximum absolute atomic E-state index is 6.19. The number of hydrogen-bond donors (Lipinski definition) is 1. The number of aromatic nitrogens is 3. The smallest absolute Gasteiger partial charge is 0.104 e. The Morgan fingerprint density at radius 1 is 0.895 bits per heavy atom. The van der Waals surface area contributed by atoms with Crippen LogP contribution in [0.25, 0.3) is 5.69 Å². The van der Waals surface area contributed by atoms with E-state index in [9.17, 15) is 0 Å². The first-order valence-corrected chi connectivity index (χ1v) is 6.13. The third-order valence-electron chi connectivity index (χ3n) is 2.97. The molecule has 0 radical (unpaired) electrons. The Balaban J connectivity index is 1.90. The number of nitrogens with zero attached hydrogens (tertiary/aromatic N) is 3. The van der Waals surface area contributed by atoms with E-state index >= 15 is 0 Å². The van der Waals surface area contributed by atoms with E-state index in [0.717, 1.165) is 16.9 Å². The van der Waals surface area contributed by atoms with Crippen LogP contribution in [-0.2, 0) is 0 Å². The third-order valence-corrected chi connectivity index (χ3v) is 2.97. The summed E-state index contributed by atoms with van der Waals surface area (Å²) < 4.78 is 0. The first-order chi connectivity index (χ1) is 9.34. The summed E-state index contributed by atoms with van der Waals surface area (Å²) in [6, 6.07) is 19.4. The second kappa shape index (κ2) is 5.04. The van der Waals surface area contributed by atoms with E-state index in [-0.39, 0.29) is 6.04 Å². The van der Waals surface area contributed by atoms with Gasteiger partial charge in [0.05, 0.1) is 17.9 Å². The van der Waals surface area contributed by atoms with Crippen LogP contribution < -0.4 is 5.73 Å². The second-order valence-corrected chi connectivity index (χ2v) is 4.28. The van der Waals surface area contributed by atoms with Crippen LogP contribution in [0.3, 0.4) is 0 Å². The Morgan fingerprint density at radius 3 is 2.21 bits per heavy atom. The molecular weight excluding hydrogens is 236 g/mol. The molecule has 0 amide bonds. The first kappa shape index (κ1) is 11.6. The average molecular weight is 250 g/mol. The molecule has 0 aliphatic heterocycles. The topological polar surface area (TPSA) is 56.7 Å². The number of rotatable bonds is 3. The van der Waals surface area contributed by atoms with E-state index < -0.39 is 0 Å². The zero-order valence-corrected chi connectivity index (χ0v) is 10.3. The Labute approximate surface area is 111 Å². The lowest BCUT2D eigenvalue weighted by Crippen LogP contribution is -2.12. The predicted molar refractivity (Wildman–Crippen MR) is 73.8 cm³/mol. The van der Waals surface area contributed by atoms with Gasteiger partial charge in [-0.25, -0.2) is 0 Å². The monoisotopic (exact) mass is 250 g/mol. The first-order valence-electron chi connectivity index (χ1n) is 6.13. The summed E-state index contributed by atoms with van der Waals surface area (Å²) in [7, 11) is 0. The molecule has 1 atom stereocenters. The molecule has 0 bridgehead atoms. The molecule has 0 aliphatic rings. The molecular formula is C15H14N4. The number of nitrogens with two attached hydrogens (primary N) is 1. The minimum absolute atomic E-state index is 0.251. The molecule has 0 aliphatic carbocycles. The number of para-hydroxylation sites is 1. The largest absolute Gasteiger partial charge is 0.319 e. The molecule has 3 aromatic rings. The molecule has 1 aromatic heterocycles. The van der Waals surface area contributed by atoms with Gasteiger partial charge >= 0.3 is 0 Å². The Morgan fingerprint density at radius 2 is 1.53 bits per heavy atom. The van der Waals surface area contributed by atoms with E-state index in [1.54, 1.807) is 11.0 Å². The molecule has 1 unspecified atom stereocenters. The highest BCUT2D eigenvalue weighted by Crippen LogP contribution is 2.17. The van der Waals surface area contributed by atoms with Crippen LogP contribution in [-0.4, -0.2) is 15.0 Å². The van der Waals surface area contributed by atoms with Gasteiger partial charge < -0.3 is 5.73 Å². The van der Waals surface area contributed by atoms with Gasteiger partial charge in [0.15, 0.2) is 0 Å².